The molecule has 16 heavy (non-hydrogen) atoms. The Morgan fingerprint density at radius 3 is 2.81 bits per heavy atom. The highest BCUT2D eigenvalue weighted by molar-refractivity contribution is 9.10. The molecule has 1 saturated carbocycles. The smallest absolute Gasteiger partial charge is 0.237 e. The van der Waals surface area contributed by atoms with Crippen molar-refractivity contribution in [2.24, 2.45) is 5.92 Å². The number of hydrogen-bond acceptors (Lipinski definition) is 3. The zero-order chi connectivity index (χ0) is 11.4. The highest BCUT2D eigenvalue weighted by Gasteiger charge is 2.14. The van der Waals surface area contributed by atoms with Crippen molar-refractivity contribution >= 4 is 21.6 Å². The maximum atomic E-state index is 5.82. The molecule has 3 nitrogen and oxygen atoms in total. The van der Waals surface area contributed by atoms with Gasteiger partial charge in [-0.3, -0.25) is 0 Å². The van der Waals surface area contributed by atoms with Gasteiger partial charge < -0.3 is 10.5 Å². The number of hydrogen-bond donors (Lipinski definition) is 1. The van der Waals surface area contributed by atoms with Crippen molar-refractivity contribution in [1.82, 2.24) is 4.98 Å². The molecule has 1 aromatic heterocycles. The summed E-state index contributed by atoms with van der Waals surface area (Å²) < 4.78 is 6.56. The van der Waals surface area contributed by atoms with Crippen LogP contribution in [0.4, 0.5) is 5.69 Å². The summed E-state index contributed by atoms with van der Waals surface area (Å²) in [6.45, 7) is 0.749. The monoisotopic (exact) mass is 284 g/mol. The van der Waals surface area contributed by atoms with Gasteiger partial charge in [0.1, 0.15) is 0 Å². The topological polar surface area (TPSA) is 48.1 Å². The van der Waals surface area contributed by atoms with E-state index in [0.29, 0.717) is 17.5 Å². The summed E-state index contributed by atoms with van der Waals surface area (Å²) in [6.07, 6.45) is 8.29. The molecule has 0 radical (unpaired) electrons. The molecule has 0 atom stereocenters. The van der Waals surface area contributed by atoms with E-state index >= 15 is 0 Å². The lowest BCUT2D eigenvalue weighted by atomic mass is 9.90. The fourth-order valence-electron chi connectivity index (χ4n) is 2.11. The lowest BCUT2D eigenvalue weighted by Crippen LogP contribution is -2.16. The number of nitrogens with zero attached hydrogens (tertiary/aromatic N) is 1. The first-order chi connectivity index (χ1) is 7.75. The van der Waals surface area contributed by atoms with Gasteiger partial charge in [0.25, 0.3) is 0 Å². The second kappa shape index (κ2) is 5.53. The fraction of sp³-hybridized carbons (Fsp3) is 0.583. The van der Waals surface area contributed by atoms with Crippen molar-refractivity contribution in [2.45, 2.75) is 32.1 Å². The molecule has 1 heterocycles. The third-order valence-corrected chi connectivity index (χ3v) is 3.46. The van der Waals surface area contributed by atoms with E-state index in [-0.39, 0.29) is 0 Å². The number of pyridine rings is 1. The predicted molar refractivity (Wildman–Crippen MR) is 68.4 cm³/mol. The molecule has 0 bridgehead atoms. The summed E-state index contributed by atoms with van der Waals surface area (Å²) in [5.41, 5.74) is 6.42. The van der Waals surface area contributed by atoms with Crippen LogP contribution in [0.2, 0.25) is 0 Å². The van der Waals surface area contributed by atoms with Gasteiger partial charge in [-0.05, 0) is 40.8 Å². The van der Waals surface area contributed by atoms with Crippen LogP contribution < -0.4 is 10.5 Å². The van der Waals surface area contributed by atoms with Crippen LogP contribution in [0.1, 0.15) is 32.1 Å². The standard InChI is InChI=1S/C12H17BrN2O/c13-10-6-11(14)12(15-7-10)16-8-9-4-2-1-3-5-9/h6-7,9H,1-5,8,14H2. The SMILES string of the molecule is Nc1cc(Br)cnc1OCC1CCCCC1. The Balaban J connectivity index is 1.88. The van der Waals surface area contributed by atoms with E-state index in [9.17, 15) is 0 Å². The van der Waals surface area contributed by atoms with E-state index in [4.69, 9.17) is 10.5 Å². The minimum atomic E-state index is 0.564. The van der Waals surface area contributed by atoms with Crippen molar-refractivity contribution in [2.75, 3.05) is 12.3 Å². The largest absolute Gasteiger partial charge is 0.476 e. The van der Waals surface area contributed by atoms with Gasteiger partial charge in [0.05, 0.1) is 12.3 Å². The average molecular weight is 285 g/mol. The van der Waals surface area contributed by atoms with Crippen molar-refractivity contribution in [1.29, 1.82) is 0 Å². The molecule has 4 heteroatoms. The summed E-state index contributed by atoms with van der Waals surface area (Å²) in [6, 6.07) is 1.82. The maximum absolute atomic E-state index is 5.82. The molecule has 0 aliphatic heterocycles. The summed E-state index contributed by atoms with van der Waals surface area (Å²) >= 11 is 3.33. The van der Waals surface area contributed by atoms with Crippen molar-refractivity contribution in [3.8, 4) is 5.88 Å². The number of nitrogen functional groups attached to an aromatic ring is 1. The van der Waals surface area contributed by atoms with Gasteiger partial charge in [-0.25, -0.2) is 4.98 Å². The number of nitrogens with two attached hydrogens (primary N) is 1. The quantitative estimate of drug-likeness (QED) is 0.926. The molecule has 0 aromatic carbocycles. The number of rotatable bonds is 3. The Labute approximate surface area is 105 Å². The zero-order valence-electron chi connectivity index (χ0n) is 9.29. The predicted octanol–water partition coefficient (Wildman–Crippen LogP) is 3.39. The second-order valence-electron chi connectivity index (χ2n) is 4.36. The minimum absolute atomic E-state index is 0.564. The summed E-state index contributed by atoms with van der Waals surface area (Å²) in [5, 5.41) is 0. The van der Waals surface area contributed by atoms with Crippen LogP contribution in [0.5, 0.6) is 5.88 Å². The normalized spacial score (nSPS) is 17.3. The zero-order valence-corrected chi connectivity index (χ0v) is 10.9. The van der Waals surface area contributed by atoms with Gasteiger partial charge in [-0.2, -0.15) is 0 Å². The van der Waals surface area contributed by atoms with Gasteiger partial charge in [-0.1, -0.05) is 19.3 Å². The Morgan fingerprint density at radius 1 is 1.38 bits per heavy atom. The molecule has 0 amide bonds. The molecule has 2 N–H and O–H groups in total. The average Bonchev–Trinajstić information content (AvgIpc) is 2.29. The first kappa shape index (κ1) is 11.7. The van der Waals surface area contributed by atoms with E-state index in [0.717, 1.165) is 11.1 Å². The summed E-state index contributed by atoms with van der Waals surface area (Å²) in [7, 11) is 0. The van der Waals surface area contributed by atoms with E-state index in [1.807, 2.05) is 6.07 Å². The molecule has 1 fully saturated rings. The molecule has 88 valence electrons. The van der Waals surface area contributed by atoms with E-state index in [2.05, 4.69) is 20.9 Å². The van der Waals surface area contributed by atoms with Crippen molar-refractivity contribution < 1.29 is 4.74 Å². The molecule has 0 spiro atoms. The second-order valence-corrected chi connectivity index (χ2v) is 5.28. The molecule has 0 saturated heterocycles. The molecule has 1 aliphatic carbocycles. The lowest BCUT2D eigenvalue weighted by Gasteiger charge is -2.21. The first-order valence-corrected chi connectivity index (χ1v) is 6.59. The number of halogens is 1. The molecule has 2 rings (SSSR count). The van der Waals surface area contributed by atoms with E-state index in [1.54, 1.807) is 6.20 Å². The van der Waals surface area contributed by atoms with Gasteiger partial charge in [-0.15, -0.1) is 0 Å². The molecular formula is C12H17BrN2O. The number of anilines is 1. The van der Waals surface area contributed by atoms with Crippen LogP contribution in [-0.2, 0) is 0 Å². The molecule has 1 aromatic rings. The fourth-order valence-corrected chi connectivity index (χ4v) is 2.46. The Bertz CT molecular complexity index is 351. The van der Waals surface area contributed by atoms with Crippen LogP contribution >= 0.6 is 15.9 Å². The van der Waals surface area contributed by atoms with Gasteiger partial charge in [0.15, 0.2) is 0 Å². The molecule has 0 unspecified atom stereocenters. The highest BCUT2D eigenvalue weighted by Crippen LogP contribution is 2.26. The van der Waals surface area contributed by atoms with Crippen molar-refractivity contribution in [3.05, 3.63) is 16.7 Å². The van der Waals surface area contributed by atoms with E-state index < -0.39 is 0 Å². The Morgan fingerprint density at radius 2 is 2.12 bits per heavy atom. The van der Waals surface area contributed by atoms with Crippen molar-refractivity contribution in [3.63, 3.8) is 0 Å². The summed E-state index contributed by atoms with van der Waals surface area (Å²) in [4.78, 5) is 4.17. The first-order valence-electron chi connectivity index (χ1n) is 5.79. The lowest BCUT2D eigenvalue weighted by molar-refractivity contribution is 0.204. The van der Waals surface area contributed by atoms with E-state index in [1.165, 1.54) is 32.1 Å². The highest BCUT2D eigenvalue weighted by atomic mass is 79.9. The van der Waals surface area contributed by atoms with Crippen LogP contribution in [0.3, 0.4) is 0 Å². The summed E-state index contributed by atoms with van der Waals surface area (Å²) in [5.74, 6) is 1.24. The molecular weight excluding hydrogens is 268 g/mol. The Kier molecular flexibility index (Phi) is 4.04. The minimum Gasteiger partial charge on any atom is -0.476 e. The Hall–Kier alpha value is -0.770. The third kappa shape index (κ3) is 3.11. The van der Waals surface area contributed by atoms with Gasteiger partial charge in [0.2, 0.25) is 5.88 Å². The van der Waals surface area contributed by atoms with Crippen LogP contribution in [-0.4, -0.2) is 11.6 Å². The number of aromatic nitrogens is 1. The van der Waals surface area contributed by atoms with Crippen LogP contribution in [0, 0.1) is 5.92 Å². The molecule has 1 aliphatic rings. The maximum Gasteiger partial charge on any atom is 0.237 e. The number of ether oxygens (including phenoxy) is 1. The van der Waals surface area contributed by atoms with Crippen LogP contribution in [0.15, 0.2) is 16.7 Å². The van der Waals surface area contributed by atoms with Gasteiger partial charge in [0, 0.05) is 10.7 Å². The third-order valence-electron chi connectivity index (χ3n) is 3.03. The van der Waals surface area contributed by atoms with Crippen LogP contribution in [0.25, 0.3) is 0 Å². The van der Waals surface area contributed by atoms with Gasteiger partial charge >= 0.3 is 0 Å².